The number of nitrogens with one attached hydrogen (secondary N) is 2. The molecule has 4 rings (SSSR count). The third-order valence-corrected chi connectivity index (χ3v) is 5.87. The third kappa shape index (κ3) is 4.49. The summed E-state index contributed by atoms with van der Waals surface area (Å²) in [4.78, 5) is 32.8. The van der Waals surface area contributed by atoms with Crippen LogP contribution in [0.5, 0.6) is 5.75 Å². The molecule has 1 aromatic heterocycles. The highest BCUT2D eigenvalue weighted by atomic mass is 16.5. The number of rotatable bonds is 5. The van der Waals surface area contributed by atoms with Crippen molar-refractivity contribution in [3.63, 3.8) is 0 Å². The molecule has 2 aliphatic rings. The number of benzene rings is 1. The van der Waals surface area contributed by atoms with Crippen molar-refractivity contribution in [3.05, 3.63) is 47.3 Å². The molecule has 1 aromatic carbocycles. The maximum absolute atomic E-state index is 12.2. The minimum atomic E-state index is -0.412. The Bertz CT molecular complexity index is 968. The van der Waals surface area contributed by atoms with Crippen LogP contribution in [0.2, 0.25) is 0 Å². The molecule has 2 N–H and O–H groups in total. The minimum Gasteiger partial charge on any atom is -0.478 e. The third-order valence-electron chi connectivity index (χ3n) is 5.87. The molecule has 0 spiro atoms. The van der Waals surface area contributed by atoms with Gasteiger partial charge in [0.25, 0.3) is 11.8 Å². The largest absolute Gasteiger partial charge is 0.478 e. The Morgan fingerprint density at radius 3 is 2.68 bits per heavy atom. The second kappa shape index (κ2) is 8.93. The zero-order chi connectivity index (χ0) is 22.0. The van der Waals surface area contributed by atoms with Gasteiger partial charge in [0.1, 0.15) is 11.4 Å². The first kappa shape index (κ1) is 21.1. The second-order valence-electron chi connectivity index (χ2n) is 8.04. The molecule has 1 fully saturated rings. The lowest BCUT2D eigenvalue weighted by molar-refractivity contribution is -0.123. The lowest BCUT2D eigenvalue weighted by Crippen LogP contribution is -2.46. The highest BCUT2D eigenvalue weighted by Gasteiger charge is 2.28. The molecule has 0 unspecified atom stereocenters. The van der Waals surface area contributed by atoms with Crippen molar-refractivity contribution in [3.8, 4) is 5.75 Å². The van der Waals surface area contributed by atoms with Gasteiger partial charge in [0, 0.05) is 39.8 Å². The zero-order valence-corrected chi connectivity index (χ0v) is 18.3. The number of nitrogens with zero attached hydrogens (tertiary/aromatic N) is 3. The molecular formula is C23H29N5O3. The van der Waals surface area contributed by atoms with Crippen LogP contribution in [0.1, 0.15) is 35.0 Å². The highest BCUT2D eigenvalue weighted by Crippen LogP contribution is 2.35. The standard InChI is InChI=1S/C23H29N5O3/c1-4-20-23(30)26-19-12-16(11-15(2)21(19)31-20)14-27-7-9-28(10-8-27)17-5-6-18(25-13-17)22(29)24-3/h5-6,11-13,20H,4,7-10,14H2,1-3H3,(H,24,29)(H,26,30)/t20-/m1/s1. The fourth-order valence-electron chi connectivity index (χ4n) is 4.12. The average Bonchev–Trinajstić information content (AvgIpc) is 2.79. The topological polar surface area (TPSA) is 86.8 Å². The smallest absolute Gasteiger partial charge is 0.269 e. The van der Waals surface area contributed by atoms with Crippen LogP contribution in [0, 0.1) is 6.92 Å². The summed E-state index contributed by atoms with van der Waals surface area (Å²) in [7, 11) is 1.60. The second-order valence-corrected chi connectivity index (χ2v) is 8.04. The van der Waals surface area contributed by atoms with Crippen molar-refractivity contribution in [1.82, 2.24) is 15.2 Å². The van der Waals surface area contributed by atoms with Crippen LogP contribution in [0.3, 0.4) is 0 Å². The van der Waals surface area contributed by atoms with Gasteiger partial charge in [-0.05, 0) is 42.7 Å². The summed E-state index contributed by atoms with van der Waals surface area (Å²) in [5, 5.41) is 5.59. The van der Waals surface area contributed by atoms with Crippen LogP contribution in [0.25, 0.3) is 0 Å². The Hall–Kier alpha value is -3.13. The maximum Gasteiger partial charge on any atom is 0.269 e. The number of anilines is 2. The number of hydrogen-bond donors (Lipinski definition) is 2. The molecule has 164 valence electrons. The van der Waals surface area contributed by atoms with Gasteiger partial charge in [-0.3, -0.25) is 14.5 Å². The molecule has 0 bridgehead atoms. The Morgan fingerprint density at radius 1 is 1.26 bits per heavy atom. The van der Waals surface area contributed by atoms with Gasteiger partial charge in [-0.25, -0.2) is 4.98 Å². The zero-order valence-electron chi connectivity index (χ0n) is 18.3. The molecule has 8 nitrogen and oxygen atoms in total. The fraction of sp³-hybridized carbons (Fsp3) is 0.435. The van der Waals surface area contributed by atoms with Crippen LogP contribution in [-0.2, 0) is 11.3 Å². The monoisotopic (exact) mass is 423 g/mol. The van der Waals surface area contributed by atoms with Gasteiger partial charge in [-0.1, -0.05) is 13.0 Å². The number of amides is 2. The molecule has 31 heavy (non-hydrogen) atoms. The van der Waals surface area contributed by atoms with Crippen molar-refractivity contribution >= 4 is 23.2 Å². The van der Waals surface area contributed by atoms with Crippen LogP contribution in [0.15, 0.2) is 30.5 Å². The fourth-order valence-corrected chi connectivity index (χ4v) is 4.12. The minimum absolute atomic E-state index is 0.0730. The molecular weight excluding hydrogens is 394 g/mol. The number of carbonyl (C=O) groups is 2. The lowest BCUT2D eigenvalue weighted by Gasteiger charge is -2.36. The molecule has 8 heteroatoms. The van der Waals surface area contributed by atoms with Gasteiger partial charge in [-0.2, -0.15) is 0 Å². The van der Waals surface area contributed by atoms with E-state index in [-0.39, 0.29) is 11.8 Å². The van der Waals surface area contributed by atoms with Crippen LogP contribution >= 0.6 is 0 Å². The van der Waals surface area contributed by atoms with Crippen molar-refractivity contribution in [2.75, 3.05) is 43.4 Å². The number of aryl methyl sites for hydroxylation is 1. The first-order chi connectivity index (χ1) is 15.0. The number of aromatic nitrogens is 1. The Morgan fingerprint density at radius 2 is 2.03 bits per heavy atom. The van der Waals surface area contributed by atoms with E-state index in [0.29, 0.717) is 12.1 Å². The van der Waals surface area contributed by atoms with E-state index in [1.165, 1.54) is 5.56 Å². The molecule has 3 heterocycles. The van der Waals surface area contributed by atoms with E-state index < -0.39 is 6.10 Å². The molecule has 0 saturated carbocycles. The van der Waals surface area contributed by atoms with Crippen LogP contribution < -0.4 is 20.3 Å². The Balaban J connectivity index is 1.37. The summed E-state index contributed by atoms with van der Waals surface area (Å²) in [6.45, 7) is 8.43. The van der Waals surface area contributed by atoms with E-state index in [1.54, 1.807) is 19.3 Å². The van der Waals surface area contributed by atoms with Crippen LogP contribution in [-0.4, -0.2) is 61.0 Å². The summed E-state index contributed by atoms with van der Waals surface area (Å²) in [6, 6.07) is 7.89. The van der Waals surface area contributed by atoms with Gasteiger partial charge >= 0.3 is 0 Å². The Labute approximate surface area is 182 Å². The summed E-state index contributed by atoms with van der Waals surface area (Å²) in [6.07, 6.45) is 2.00. The van der Waals surface area contributed by atoms with Gasteiger partial charge in [0.2, 0.25) is 0 Å². The number of fused-ring (bicyclic) bond motifs is 1. The number of ether oxygens (including phenoxy) is 1. The number of hydrogen-bond acceptors (Lipinski definition) is 6. The van der Waals surface area contributed by atoms with E-state index in [1.807, 2.05) is 26.0 Å². The predicted octanol–water partition coefficient (Wildman–Crippen LogP) is 2.18. The summed E-state index contributed by atoms with van der Waals surface area (Å²) in [5.41, 5.74) is 4.44. The molecule has 0 radical (unpaired) electrons. The first-order valence-electron chi connectivity index (χ1n) is 10.7. The van der Waals surface area contributed by atoms with Gasteiger partial charge in [-0.15, -0.1) is 0 Å². The van der Waals surface area contributed by atoms with Gasteiger partial charge < -0.3 is 20.3 Å². The molecule has 1 saturated heterocycles. The van der Waals surface area contributed by atoms with Crippen molar-refractivity contribution in [1.29, 1.82) is 0 Å². The summed E-state index contributed by atoms with van der Waals surface area (Å²) >= 11 is 0. The first-order valence-corrected chi connectivity index (χ1v) is 10.7. The predicted molar refractivity (Wildman–Crippen MR) is 120 cm³/mol. The van der Waals surface area contributed by atoms with E-state index in [9.17, 15) is 9.59 Å². The highest BCUT2D eigenvalue weighted by molar-refractivity contribution is 5.98. The Kier molecular flexibility index (Phi) is 6.08. The number of carbonyl (C=O) groups excluding carboxylic acids is 2. The SMILES string of the molecule is CC[C@H]1Oc2c(C)cc(CN3CCN(c4ccc(C(=O)NC)nc4)CC3)cc2NC1=O. The molecule has 2 aromatic rings. The molecule has 1 atom stereocenters. The normalized spacial score (nSPS) is 18.7. The van der Waals surface area contributed by atoms with Gasteiger partial charge in [0.15, 0.2) is 6.10 Å². The quantitative estimate of drug-likeness (QED) is 0.767. The van der Waals surface area contributed by atoms with Crippen molar-refractivity contribution in [2.45, 2.75) is 32.9 Å². The number of pyridine rings is 1. The molecule has 0 aliphatic carbocycles. The summed E-state index contributed by atoms with van der Waals surface area (Å²) < 4.78 is 5.90. The average molecular weight is 424 g/mol. The van der Waals surface area contributed by atoms with Gasteiger partial charge in [0.05, 0.1) is 17.6 Å². The van der Waals surface area contributed by atoms with E-state index in [0.717, 1.165) is 55.4 Å². The van der Waals surface area contributed by atoms with E-state index in [4.69, 9.17) is 4.74 Å². The maximum atomic E-state index is 12.2. The number of piperazine rings is 1. The molecule has 2 amide bonds. The van der Waals surface area contributed by atoms with Crippen LogP contribution in [0.4, 0.5) is 11.4 Å². The lowest BCUT2D eigenvalue weighted by atomic mass is 10.1. The van der Waals surface area contributed by atoms with E-state index >= 15 is 0 Å². The van der Waals surface area contributed by atoms with Crippen molar-refractivity contribution in [2.24, 2.45) is 0 Å². The molecule has 2 aliphatic heterocycles. The van der Waals surface area contributed by atoms with E-state index in [2.05, 4.69) is 31.5 Å². The van der Waals surface area contributed by atoms with Crippen molar-refractivity contribution < 1.29 is 14.3 Å². The summed E-state index contributed by atoms with van der Waals surface area (Å²) in [5.74, 6) is 0.535.